The lowest BCUT2D eigenvalue weighted by atomic mass is 9.99. The fraction of sp³-hybridized carbons (Fsp3) is 0.667. The van der Waals surface area contributed by atoms with Gasteiger partial charge in [-0.1, -0.05) is 36.8 Å². The van der Waals surface area contributed by atoms with Crippen molar-refractivity contribution in [2.45, 2.75) is 57.4 Å². The molecule has 0 spiro atoms. The topological polar surface area (TPSA) is 23.6 Å². The van der Waals surface area contributed by atoms with Crippen LogP contribution in [-0.4, -0.2) is 54.3 Å². The van der Waals surface area contributed by atoms with Crippen LogP contribution in [0.2, 0.25) is 0 Å². The molecule has 1 aromatic rings. The van der Waals surface area contributed by atoms with Crippen LogP contribution in [0.25, 0.3) is 0 Å². The Labute approximate surface area is 147 Å². The van der Waals surface area contributed by atoms with Crippen molar-refractivity contribution in [1.82, 2.24) is 9.80 Å². The molecule has 3 rings (SSSR count). The highest BCUT2D eigenvalue weighted by Gasteiger charge is 2.25. The van der Waals surface area contributed by atoms with Gasteiger partial charge in [-0.05, 0) is 71.2 Å². The molecule has 3 nitrogen and oxygen atoms in total. The number of hydrogen-bond donors (Lipinski definition) is 0. The molecule has 0 aromatic heterocycles. The molecule has 0 aliphatic carbocycles. The molecule has 2 fully saturated rings. The number of hydrogen-bond acceptors (Lipinski definition) is 3. The van der Waals surface area contributed by atoms with E-state index in [1.807, 2.05) is 30.3 Å². The second-order valence-electron chi connectivity index (χ2n) is 7.42. The summed E-state index contributed by atoms with van der Waals surface area (Å²) in [5, 5.41) is 0. The number of unbranched alkanes of at least 4 members (excludes halogenated alkanes) is 1. The van der Waals surface area contributed by atoms with Crippen molar-refractivity contribution in [2.75, 3.05) is 32.7 Å². The summed E-state index contributed by atoms with van der Waals surface area (Å²) in [5.74, 6) is 0.291. The molecule has 1 aromatic carbocycles. The zero-order valence-electron chi connectivity index (χ0n) is 15.0. The summed E-state index contributed by atoms with van der Waals surface area (Å²) in [5.41, 5.74) is 0.861. The number of carbonyl (C=O) groups excluding carboxylic acids is 1. The lowest BCUT2D eigenvalue weighted by Crippen LogP contribution is -2.46. The van der Waals surface area contributed by atoms with Crippen LogP contribution >= 0.6 is 0 Å². The minimum absolute atomic E-state index is 0.291. The van der Waals surface area contributed by atoms with E-state index in [-0.39, 0.29) is 0 Å². The van der Waals surface area contributed by atoms with Crippen LogP contribution in [0.15, 0.2) is 30.3 Å². The summed E-state index contributed by atoms with van der Waals surface area (Å²) in [6, 6.07) is 10.5. The van der Waals surface area contributed by atoms with Gasteiger partial charge in [-0.2, -0.15) is 0 Å². The SMILES string of the molecule is O=C(CCCCN1CCC(N2CCCCC2)CC1)c1ccccc1. The van der Waals surface area contributed by atoms with Gasteiger partial charge in [0.25, 0.3) is 0 Å². The third-order valence-electron chi connectivity index (χ3n) is 5.69. The summed E-state index contributed by atoms with van der Waals surface area (Å²) in [6.45, 7) is 6.30. The minimum atomic E-state index is 0.291. The van der Waals surface area contributed by atoms with Crippen molar-refractivity contribution >= 4 is 5.78 Å². The van der Waals surface area contributed by atoms with Crippen molar-refractivity contribution in [1.29, 1.82) is 0 Å². The molecular weight excluding hydrogens is 296 g/mol. The lowest BCUT2D eigenvalue weighted by molar-refractivity contribution is 0.0907. The van der Waals surface area contributed by atoms with E-state index in [4.69, 9.17) is 0 Å². The van der Waals surface area contributed by atoms with Gasteiger partial charge in [-0.3, -0.25) is 4.79 Å². The molecule has 2 aliphatic rings. The van der Waals surface area contributed by atoms with E-state index in [2.05, 4.69) is 9.80 Å². The third-order valence-corrected chi connectivity index (χ3v) is 5.69. The van der Waals surface area contributed by atoms with E-state index < -0.39 is 0 Å². The highest BCUT2D eigenvalue weighted by atomic mass is 16.1. The number of rotatable bonds is 7. The highest BCUT2D eigenvalue weighted by Crippen LogP contribution is 2.21. The average molecular weight is 328 g/mol. The monoisotopic (exact) mass is 328 g/mol. The summed E-state index contributed by atoms with van der Waals surface area (Å²) >= 11 is 0. The predicted molar refractivity (Wildman–Crippen MR) is 99.5 cm³/mol. The summed E-state index contributed by atoms with van der Waals surface area (Å²) < 4.78 is 0. The lowest BCUT2D eigenvalue weighted by Gasteiger charge is -2.40. The largest absolute Gasteiger partial charge is 0.303 e. The van der Waals surface area contributed by atoms with Crippen LogP contribution in [-0.2, 0) is 0 Å². The number of carbonyl (C=O) groups is 1. The van der Waals surface area contributed by atoms with E-state index in [1.54, 1.807) is 0 Å². The molecule has 2 saturated heterocycles. The van der Waals surface area contributed by atoms with Gasteiger partial charge < -0.3 is 9.80 Å². The van der Waals surface area contributed by atoms with Crippen molar-refractivity contribution in [2.24, 2.45) is 0 Å². The molecule has 3 heteroatoms. The van der Waals surface area contributed by atoms with Gasteiger partial charge >= 0.3 is 0 Å². The van der Waals surface area contributed by atoms with E-state index in [1.165, 1.54) is 58.3 Å². The maximum Gasteiger partial charge on any atom is 0.162 e. The first-order chi connectivity index (χ1) is 11.8. The Bertz CT molecular complexity index is 488. The standard InChI is InChI=1S/C21H32N2O/c24-21(19-9-3-1-4-10-19)11-5-8-14-22-17-12-20(13-18-22)23-15-6-2-7-16-23/h1,3-4,9-10,20H,2,5-8,11-18H2. The number of nitrogens with zero attached hydrogens (tertiary/aromatic N) is 2. The summed E-state index contributed by atoms with van der Waals surface area (Å²) in [4.78, 5) is 17.4. The molecule has 0 atom stereocenters. The van der Waals surface area contributed by atoms with Gasteiger partial charge in [0.2, 0.25) is 0 Å². The first-order valence-corrected chi connectivity index (χ1v) is 9.87. The van der Waals surface area contributed by atoms with Crippen molar-refractivity contribution in [3.63, 3.8) is 0 Å². The molecule has 24 heavy (non-hydrogen) atoms. The molecule has 2 heterocycles. The fourth-order valence-electron chi connectivity index (χ4n) is 4.18. The van der Waals surface area contributed by atoms with Gasteiger partial charge in [0.15, 0.2) is 5.78 Å². The molecule has 0 unspecified atom stereocenters. The molecule has 2 aliphatic heterocycles. The Hall–Kier alpha value is -1.19. The van der Waals surface area contributed by atoms with Crippen LogP contribution in [0.3, 0.4) is 0 Å². The number of ketones is 1. The zero-order chi connectivity index (χ0) is 16.6. The molecule has 0 saturated carbocycles. The molecule has 0 N–H and O–H groups in total. The van der Waals surface area contributed by atoms with Crippen LogP contribution in [0.4, 0.5) is 0 Å². The quantitative estimate of drug-likeness (QED) is 0.558. The molecule has 0 amide bonds. The maximum atomic E-state index is 12.1. The first-order valence-electron chi connectivity index (χ1n) is 9.87. The van der Waals surface area contributed by atoms with Gasteiger partial charge in [0.05, 0.1) is 0 Å². The van der Waals surface area contributed by atoms with Gasteiger partial charge in [0, 0.05) is 18.0 Å². The van der Waals surface area contributed by atoms with Gasteiger partial charge in [-0.15, -0.1) is 0 Å². The Morgan fingerprint density at radius 3 is 2.33 bits per heavy atom. The first kappa shape index (κ1) is 17.6. The van der Waals surface area contributed by atoms with E-state index in [9.17, 15) is 4.79 Å². The minimum Gasteiger partial charge on any atom is -0.303 e. The fourth-order valence-corrected chi connectivity index (χ4v) is 4.18. The normalized spacial score (nSPS) is 21.0. The van der Waals surface area contributed by atoms with Crippen molar-refractivity contribution < 1.29 is 4.79 Å². The van der Waals surface area contributed by atoms with Crippen LogP contribution in [0.5, 0.6) is 0 Å². The molecule has 0 radical (unpaired) electrons. The van der Waals surface area contributed by atoms with Crippen molar-refractivity contribution in [3.05, 3.63) is 35.9 Å². The van der Waals surface area contributed by atoms with Gasteiger partial charge in [0.1, 0.15) is 0 Å². The zero-order valence-corrected chi connectivity index (χ0v) is 15.0. The Morgan fingerprint density at radius 2 is 1.62 bits per heavy atom. The highest BCUT2D eigenvalue weighted by molar-refractivity contribution is 5.95. The van der Waals surface area contributed by atoms with Gasteiger partial charge in [-0.25, -0.2) is 0 Å². The Morgan fingerprint density at radius 1 is 0.917 bits per heavy atom. The Balaban J connectivity index is 1.29. The third kappa shape index (κ3) is 5.15. The number of piperidine rings is 2. The predicted octanol–water partition coefficient (Wildman–Crippen LogP) is 3.99. The molecular formula is C21H32N2O. The second-order valence-corrected chi connectivity index (χ2v) is 7.42. The number of Topliss-reactive ketones (excluding diaryl/α,β-unsaturated/α-hetero) is 1. The summed E-state index contributed by atoms with van der Waals surface area (Å²) in [7, 11) is 0. The second kappa shape index (κ2) is 9.33. The number of likely N-dealkylation sites (tertiary alicyclic amines) is 2. The average Bonchev–Trinajstić information content (AvgIpc) is 2.67. The molecule has 132 valence electrons. The number of benzene rings is 1. The van der Waals surface area contributed by atoms with Crippen molar-refractivity contribution in [3.8, 4) is 0 Å². The van der Waals surface area contributed by atoms with E-state index >= 15 is 0 Å². The van der Waals surface area contributed by atoms with E-state index in [0.29, 0.717) is 12.2 Å². The van der Waals surface area contributed by atoms with Crippen LogP contribution in [0.1, 0.15) is 61.7 Å². The Kier molecular flexibility index (Phi) is 6.86. The maximum absolute atomic E-state index is 12.1. The van der Waals surface area contributed by atoms with Crippen LogP contribution in [0, 0.1) is 0 Å². The molecule has 0 bridgehead atoms. The van der Waals surface area contributed by atoms with Crippen LogP contribution < -0.4 is 0 Å². The smallest absolute Gasteiger partial charge is 0.162 e. The summed E-state index contributed by atoms with van der Waals surface area (Å²) in [6.07, 6.45) is 9.75. The van der Waals surface area contributed by atoms with E-state index in [0.717, 1.165) is 31.0 Å².